The standard InChI is InChI=1S/C35H46O3/c1-4-5-6-26-7-11-28(12-8-26)29-15-17-30(18-16-29)32-19-20-34(31-13-9-27(10-14-31)21-22-36)33(23-32)24-38-35(37)25(2)3/h4,9-10,13-14,19-20,23,26,28-30,36H,1-2,5-8,11-12,15-18,21-22,24H2,3H3. The normalized spacial score (nSPS) is 23.5. The van der Waals surface area contributed by atoms with Gasteiger partial charge in [-0.1, -0.05) is 68.0 Å². The predicted octanol–water partition coefficient (Wildman–Crippen LogP) is 8.55. The van der Waals surface area contributed by atoms with Gasteiger partial charge >= 0.3 is 5.97 Å². The molecular weight excluding hydrogens is 468 g/mol. The number of aliphatic hydroxyl groups excluding tert-OH is 1. The van der Waals surface area contributed by atoms with E-state index in [1.54, 1.807) is 6.92 Å². The van der Waals surface area contributed by atoms with Crippen LogP contribution in [0.2, 0.25) is 0 Å². The van der Waals surface area contributed by atoms with Crippen LogP contribution in [0, 0.1) is 17.8 Å². The van der Waals surface area contributed by atoms with Gasteiger partial charge in [-0.3, -0.25) is 0 Å². The Bertz CT molecular complexity index is 1070. The molecule has 0 amide bonds. The van der Waals surface area contributed by atoms with E-state index in [9.17, 15) is 9.90 Å². The highest BCUT2D eigenvalue weighted by Gasteiger charge is 2.31. The van der Waals surface area contributed by atoms with Gasteiger partial charge in [-0.2, -0.15) is 0 Å². The van der Waals surface area contributed by atoms with Crippen LogP contribution in [0.3, 0.4) is 0 Å². The van der Waals surface area contributed by atoms with E-state index in [2.05, 4.69) is 61.7 Å². The van der Waals surface area contributed by atoms with Crippen LogP contribution in [0.5, 0.6) is 0 Å². The van der Waals surface area contributed by atoms with Crippen LogP contribution in [0.15, 0.2) is 67.3 Å². The minimum atomic E-state index is -0.348. The molecule has 0 saturated heterocycles. The highest BCUT2D eigenvalue weighted by molar-refractivity contribution is 5.87. The summed E-state index contributed by atoms with van der Waals surface area (Å²) in [5.74, 6) is 2.96. The second kappa shape index (κ2) is 13.9. The topological polar surface area (TPSA) is 46.5 Å². The lowest BCUT2D eigenvalue weighted by Crippen LogP contribution is -2.25. The van der Waals surface area contributed by atoms with Crippen LogP contribution in [-0.2, 0) is 22.6 Å². The Labute approximate surface area is 230 Å². The van der Waals surface area contributed by atoms with Crippen molar-refractivity contribution in [3.63, 3.8) is 0 Å². The average Bonchev–Trinajstić information content (AvgIpc) is 2.95. The van der Waals surface area contributed by atoms with Gasteiger partial charge in [0.15, 0.2) is 0 Å². The molecule has 0 aromatic heterocycles. The predicted molar refractivity (Wildman–Crippen MR) is 157 cm³/mol. The van der Waals surface area contributed by atoms with Crippen molar-refractivity contribution >= 4 is 5.97 Å². The van der Waals surface area contributed by atoms with Crippen molar-refractivity contribution in [1.82, 2.24) is 0 Å². The highest BCUT2D eigenvalue weighted by atomic mass is 16.5. The van der Waals surface area contributed by atoms with Gasteiger partial charge in [-0.05, 0) is 116 Å². The summed E-state index contributed by atoms with van der Waals surface area (Å²) in [6.45, 7) is 9.70. The number of aliphatic hydroxyl groups is 1. The Morgan fingerprint density at radius 2 is 1.63 bits per heavy atom. The van der Waals surface area contributed by atoms with Crippen LogP contribution in [0.25, 0.3) is 11.1 Å². The van der Waals surface area contributed by atoms with Gasteiger partial charge < -0.3 is 9.84 Å². The van der Waals surface area contributed by atoms with Crippen molar-refractivity contribution < 1.29 is 14.6 Å². The first-order chi connectivity index (χ1) is 18.5. The molecule has 204 valence electrons. The molecule has 0 bridgehead atoms. The molecule has 1 N–H and O–H groups in total. The summed E-state index contributed by atoms with van der Waals surface area (Å²) in [7, 11) is 0. The van der Waals surface area contributed by atoms with Crippen molar-refractivity contribution in [1.29, 1.82) is 0 Å². The molecule has 4 rings (SSSR count). The number of carbonyl (C=O) groups is 1. The van der Waals surface area contributed by atoms with E-state index in [4.69, 9.17) is 4.74 Å². The lowest BCUT2D eigenvalue weighted by molar-refractivity contribution is -0.140. The first kappa shape index (κ1) is 28.4. The number of hydrogen-bond donors (Lipinski definition) is 1. The van der Waals surface area contributed by atoms with Gasteiger partial charge in [0.2, 0.25) is 0 Å². The molecule has 3 heteroatoms. The number of allylic oxidation sites excluding steroid dienone is 1. The molecule has 2 aliphatic carbocycles. The fourth-order valence-electron chi connectivity index (χ4n) is 6.74. The SMILES string of the molecule is C=CCCC1CCC(C2CCC(c3ccc(-c4ccc(CCO)cc4)c(COC(=O)C(=C)C)c3)CC2)CC1. The van der Waals surface area contributed by atoms with Crippen molar-refractivity contribution in [3.8, 4) is 11.1 Å². The molecule has 0 heterocycles. The van der Waals surface area contributed by atoms with Crippen LogP contribution in [0.1, 0.15) is 93.7 Å². The number of rotatable bonds is 11. The zero-order chi connectivity index (χ0) is 26.9. The van der Waals surface area contributed by atoms with E-state index >= 15 is 0 Å². The number of hydrogen-bond acceptors (Lipinski definition) is 3. The smallest absolute Gasteiger partial charge is 0.333 e. The summed E-state index contributed by atoms with van der Waals surface area (Å²) in [5, 5.41) is 9.24. The maximum absolute atomic E-state index is 12.2. The van der Waals surface area contributed by atoms with Crippen molar-refractivity contribution in [3.05, 3.63) is 84.0 Å². The quantitative estimate of drug-likeness (QED) is 0.186. The highest BCUT2D eigenvalue weighted by Crippen LogP contribution is 2.45. The lowest BCUT2D eigenvalue weighted by atomic mass is 9.68. The van der Waals surface area contributed by atoms with Gasteiger partial charge in [-0.25, -0.2) is 4.79 Å². The summed E-state index contributed by atoms with van der Waals surface area (Å²) in [4.78, 5) is 12.2. The van der Waals surface area contributed by atoms with E-state index < -0.39 is 0 Å². The van der Waals surface area contributed by atoms with Gasteiger partial charge in [0.05, 0.1) is 0 Å². The van der Waals surface area contributed by atoms with Crippen LogP contribution in [0.4, 0.5) is 0 Å². The molecule has 38 heavy (non-hydrogen) atoms. The Morgan fingerprint density at radius 3 is 2.24 bits per heavy atom. The summed E-state index contributed by atoms with van der Waals surface area (Å²) < 4.78 is 5.61. The third kappa shape index (κ3) is 7.47. The molecular formula is C35H46O3. The summed E-state index contributed by atoms with van der Waals surface area (Å²) in [5.41, 5.74) is 6.16. The first-order valence-corrected chi connectivity index (χ1v) is 14.7. The molecule has 0 unspecified atom stereocenters. The van der Waals surface area contributed by atoms with Gasteiger partial charge in [0.1, 0.15) is 6.61 Å². The van der Waals surface area contributed by atoms with Crippen LogP contribution < -0.4 is 0 Å². The van der Waals surface area contributed by atoms with Crippen molar-refractivity contribution in [2.75, 3.05) is 6.61 Å². The summed E-state index contributed by atoms with van der Waals surface area (Å²) in [6.07, 6.45) is 16.1. The second-order valence-electron chi connectivity index (χ2n) is 11.7. The minimum Gasteiger partial charge on any atom is -0.457 e. The van der Waals surface area contributed by atoms with Gasteiger partial charge in [0, 0.05) is 12.2 Å². The maximum atomic E-state index is 12.2. The van der Waals surface area contributed by atoms with Gasteiger partial charge in [0.25, 0.3) is 0 Å². The van der Waals surface area contributed by atoms with E-state index in [0.717, 1.165) is 40.0 Å². The van der Waals surface area contributed by atoms with Crippen molar-refractivity contribution in [2.24, 2.45) is 17.8 Å². The summed E-state index contributed by atoms with van der Waals surface area (Å²) in [6, 6.07) is 15.1. The Morgan fingerprint density at radius 1 is 0.974 bits per heavy atom. The lowest BCUT2D eigenvalue weighted by Gasteiger charge is -2.38. The average molecular weight is 515 g/mol. The molecule has 0 aliphatic heterocycles. The zero-order valence-electron chi connectivity index (χ0n) is 23.3. The number of esters is 1. The Hall–Kier alpha value is -2.65. The maximum Gasteiger partial charge on any atom is 0.333 e. The number of carbonyl (C=O) groups excluding carboxylic acids is 1. The molecule has 3 nitrogen and oxygen atoms in total. The van der Waals surface area contributed by atoms with E-state index in [-0.39, 0.29) is 19.2 Å². The van der Waals surface area contributed by atoms with E-state index in [0.29, 0.717) is 17.9 Å². The molecule has 2 aliphatic rings. The second-order valence-corrected chi connectivity index (χ2v) is 11.7. The molecule has 2 aromatic rings. The van der Waals surface area contributed by atoms with Gasteiger partial charge in [-0.15, -0.1) is 6.58 Å². The fourth-order valence-corrected chi connectivity index (χ4v) is 6.74. The zero-order valence-corrected chi connectivity index (χ0v) is 23.3. The molecule has 0 spiro atoms. The fraction of sp³-hybridized carbons (Fsp3) is 0.514. The first-order valence-electron chi connectivity index (χ1n) is 14.7. The molecule has 0 atom stereocenters. The van der Waals surface area contributed by atoms with E-state index in [1.807, 2.05) is 0 Å². The number of benzene rings is 2. The van der Waals surface area contributed by atoms with Crippen LogP contribution in [-0.4, -0.2) is 17.7 Å². The van der Waals surface area contributed by atoms with Crippen LogP contribution >= 0.6 is 0 Å². The molecule has 2 saturated carbocycles. The molecule has 2 fully saturated rings. The monoisotopic (exact) mass is 514 g/mol. The third-order valence-electron chi connectivity index (χ3n) is 9.08. The molecule has 0 radical (unpaired) electrons. The third-order valence-corrected chi connectivity index (χ3v) is 9.08. The molecule has 2 aromatic carbocycles. The number of ether oxygens (including phenoxy) is 1. The minimum absolute atomic E-state index is 0.148. The van der Waals surface area contributed by atoms with Crippen molar-refractivity contribution in [2.45, 2.75) is 90.1 Å². The Kier molecular flexibility index (Phi) is 10.4. The Balaban J connectivity index is 1.42. The van der Waals surface area contributed by atoms with E-state index in [1.165, 1.54) is 69.8 Å². The summed E-state index contributed by atoms with van der Waals surface area (Å²) >= 11 is 0. The largest absolute Gasteiger partial charge is 0.457 e.